The van der Waals surface area contributed by atoms with Gasteiger partial charge in [-0.05, 0) is 42.2 Å². The van der Waals surface area contributed by atoms with Gasteiger partial charge in [-0.1, -0.05) is 50.6 Å². The Morgan fingerprint density at radius 1 is 1.05 bits per heavy atom. The summed E-state index contributed by atoms with van der Waals surface area (Å²) in [4.78, 5) is 3.29. The molecular weight excluding hydrogens is 273 g/mol. The van der Waals surface area contributed by atoms with Crippen LogP contribution in [0, 0.1) is 18.7 Å². The molecule has 114 valence electrons. The minimum atomic E-state index is -0.191. The van der Waals surface area contributed by atoms with Crippen LogP contribution in [-0.4, -0.2) is 4.98 Å². The number of nitrogens with one attached hydrogen (secondary N) is 1. The number of aryl methyl sites for hydroxylation is 1. The molecule has 2 heteroatoms. The van der Waals surface area contributed by atoms with Crippen LogP contribution in [0.3, 0.4) is 0 Å². The number of aromatic nitrogens is 1. The van der Waals surface area contributed by atoms with Crippen LogP contribution in [0.4, 0.5) is 4.39 Å². The van der Waals surface area contributed by atoms with Gasteiger partial charge in [0.1, 0.15) is 5.82 Å². The molecule has 0 bridgehead atoms. The maximum Gasteiger partial charge on any atom is 0.123 e. The summed E-state index contributed by atoms with van der Waals surface area (Å²) >= 11 is 0. The lowest BCUT2D eigenvalue weighted by atomic mass is 9.68. The number of rotatable bonds is 3. The van der Waals surface area contributed by atoms with Crippen molar-refractivity contribution < 1.29 is 4.39 Å². The zero-order chi connectivity index (χ0) is 15.9. The molecule has 1 N–H and O–H groups in total. The molecule has 1 nitrogen and oxygen atoms in total. The average Bonchev–Trinajstić information content (AvgIpc) is 2.90. The Labute approximate surface area is 131 Å². The monoisotopic (exact) mass is 295 g/mol. The van der Waals surface area contributed by atoms with Crippen molar-refractivity contribution in [3.63, 3.8) is 0 Å². The van der Waals surface area contributed by atoms with E-state index in [1.165, 1.54) is 17.2 Å². The third kappa shape index (κ3) is 2.23. The second-order valence-electron chi connectivity index (χ2n) is 6.62. The molecule has 0 aliphatic rings. The molecule has 2 aromatic carbocycles. The third-order valence-electron chi connectivity index (χ3n) is 5.01. The molecule has 1 atom stereocenters. The van der Waals surface area contributed by atoms with Gasteiger partial charge in [0.2, 0.25) is 0 Å². The molecule has 3 aromatic rings. The summed E-state index contributed by atoms with van der Waals surface area (Å²) in [6, 6.07) is 13.6. The van der Waals surface area contributed by atoms with Gasteiger partial charge in [-0.2, -0.15) is 0 Å². The smallest absolute Gasteiger partial charge is 0.123 e. The van der Waals surface area contributed by atoms with E-state index in [2.05, 4.69) is 56.9 Å². The first-order chi connectivity index (χ1) is 10.4. The molecular formula is C20H22FN. The first-order valence-corrected chi connectivity index (χ1v) is 7.77. The SMILES string of the molecule is Cc1ccc(C(C)(c2c[nH]c3ccc(F)cc23)C(C)C)cc1. The molecule has 0 saturated carbocycles. The van der Waals surface area contributed by atoms with Crippen molar-refractivity contribution in [2.75, 3.05) is 0 Å². The number of H-pyrrole nitrogens is 1. The van der Waals surface area contributed by atoms with E-state index >= 15 is 0 Å². The Morgan fingerprint density at radius 3 is 2.36 bits per heavy atom. The Hall–Kier alpha value is -2.09. The van der Waals surface area contributed by atoms with Gasteiger partial charge in [-0.3, -0.25) is 0 Å². The topological polar surface area (TPSA) is 15.8 Å². The minimum absolute atomic E-state index is 0.167. The highest BCUT2D eigenvalue weighted by atomic mass is 19.1. The maximum atomic E-state index is 13.7. The fraction of sp³-hybridized carbons (Fsp3) is 0.300. The molecule has 0 saturated heterocycles. The number of halogens is 1. The van der Waals surface area contributed by atoms with Gasteiger partial charge in [-0.15, -0.1) is 0 Å². The second kappa shape index (κ2) is 5.28. The van der Waals surface area contributed by atoms with Gasteiger partial charge < -0.3 is 4.98 Å². The Kier molecular flexibility index (Phi) is 3.56. The van der Waals surface area contributed by atoms with Gasteiger partial charge in [0.25, 0.3) is 0 Å². The largest absolute Gasteiger partial charge is 0.361 e. The van der Waals surface area contributed by atoms with E-state index < -0.39 is 0 Å². The number of benzene rings is 2. The quantitative estimate of drug-likeness (QED) is 0.649. The third-order valence-corrected chi connectivity index (χ3v) is 5.01. The highest BCUT2D eigenvalue weighted by Gasteiger charge is 2.34. The van der Waals surface area contributed by atoms with Crippen LogP contribution >= 0.6 is 0 Å². The number of hydrogen-bond acceptors (Lipinski definition) is 0. The molecule has 0 aliphatic carbocycles. The molecule has 0 radical (unpaired) electrons. The van der Waals surface area contributed by atoms with E-state index in [4.69, 9.17) is 0 Å². The molecule has 0 aliphatic heterocycles. The summed E-state index contributed by atoms with van der Waals surface area (Å²) in [5.74, 6) is 0.195. The fourth-order valence-electron chi connectivity index (χ4n) is 3.22. The van der Waals surface area contributed by atoms with Gasteiger partial charge in [0.15, 0.2) is 0 Å². The fourth-order valence-corrected chi connectivity index (χ4v) is 3.22. The highest BCUT2D eigenvalue weighted by molar-refractivity contribution is 5.85. The average molecular weight is 295 g/mol. The summed E-state index contributed by atoms with van der Waals surface area (Å²) in [7, 11) is 0. The Morgan fingerprint density at radius 2 is 1.73 bits per heavy atom. The van der Waals surface area contributed by atoms with Crippen LogP contribution in [0.25, 0.3) is 10.9 Å². The summed E-state index contributed by atoms with van der Waals surface area (Å²) in [6.45, 7) is 8.78. The van der Waals surface area contributed by atoms with E-state index in [-0.39, 0.29) is 11.2 Å². The van der Waals surface area contributed by atoms with Crippen molar-refractivity contribution >= 4 is 10.9 Å². The zero-order valence-electron chi connectivity index (χ0n) is 13.6. The lowest BCUT2D eigenvalue weighted by Crippen LogP contribution is -2.29. The van der Waals surface area contributed by atoms with Crippen LogP contribution in [0.5, 0.6) is 0 Å². The Balaban J connectivity index is 2.26. The standard InChI is InChI=1S/C20H22FN/c1-13(2)20(4,15-7-5-14(3)6-8-15)18-12-22-19-10-9-16(21)11-17(18)19/h5-13,22H,1-4H3. The first kappa shape index (κ1) is 14.8. The van der Waals surface area contributed by atoms with Gasteiger partial charge in [0, 0.05) is 22.5 Å². The van der Waals surface area contributed by atoms with E-state index in [1.807, 2.05) is 12.3 Å². The minimum Gasteiger partial charge on any atom is -0.361 e. The van der Waals surface area contributed by atoms with Crippen molar-refractivity contribution in [2.45, 2.75) is 33.1 Å². The van der Waals surface area contributed by atoms with Crippen molar-refractivity contribution in [2.24, 2.45) is 5.92 Å². The van der Waals surface area contributed by atoms with Crippen LogP contribution in [0.1, 0.15) is 37.5 Å². The van der Waals surface area contributed by atoms with E-state index in [9.17, 15) is 4.39 Å². The second-order valence-corrected chi connectivity index (χ2v) is 6.62. The molecule has 0 fully saturated rings. The zero-order valence-corrected chi connectivity index (χ0v) is 13.6. The van der Waals surface area contributed by atoms with Crippen LogP contribution in [-0.2, 0) is 5.41 Å². The molecule has 1 unspecified atom stereocenters. The number of fused-ring (bicyclic) bond motifs is 1. The van der Waals surface area contributed by atoms with Gasteiger partial charge in [0.05, 0.1) is 0 Å². The molecule has 0 amide bonds. The maximum absolute atomic E-state index is 13.7. The summed E-state index contributed by atoms with van der Waals surface area (Å²) in [6.07, 6.45) is 2.03. The van der Waals surface area contributed by atoms with Gasteiger partial charge >= 0.3 is 0 Å². The van der Waals surface area contributed by atoms with E-state index in [1.54, 1.807) is 6.07 Å². The normalized spacial score (nSPS) is 14.5. The van der Waals surface area contributed by atoms with Crippen molar-refractivity contribution in [3.8, 4) is 0 Å². The molecule has 22 heavy (non-hydrogen) atoms. The van der Waals surface area contributed by atoms with E-state index in [0.29, 0.717) is 5.92 Å². The first-order valence-electron chi connectivity index (χ1n) is 7.77. The van der Waals surface area contributed by atoms with Crippen molar-refractivity contribution in [1.29, 1.82) is 0 Å². The predicted molar refractivity (Wildman–Crippen MR) is 90.7 cm³/mol. The number of hydrogen-bond donors (Lipinski definition) is 1. The van der Waals surface area contributed by atoms with Gasteiger partial charge in [-0.25, -0.2) is 4.39 Å². The molecule has 0 spiro atoms. The summed E-state index contributed by atoms with van der Waals surface area (Å²) in [5, 5.41) is 0.969. The van der Waals surface area contributed by atoms with Crippen molar-refractivity contribution in [3.05, 3.63) is 71.2 Å². The molecule has 1 aromatic heterocycles. The van der Waals surface area contributed by atoms with Crippen LogP contribution in [0.2, 0.25) is 0 Å². The summed E-state index contributed by atoms with van der Waals surface area (Å²) < 4.78 is 13.7. The molecule has 3 rings (SSSR count). The Bertz CT molecular complexity index is 798. The molecule has 1 heterocycles. The number of aromatic amines is 1. The van der Waals surface area contributed by atoms with E-state index in [0.717, 1.165) is 16.5 Å². The van der Waals surface area contributed by atoms with Crippen LogP contribution < -0.4 is 0 Å². The summed E-state index contributed by atoms with van der Waals surface area (Å²) in [5.41, 5.74) is 4.48. The lowest BCUT2D eigenvalue weighted by Gasteiger charge is -2.35. The lowest BCUT2D eigenvalue weighted by molar-refractivity contribution is 0.408. The highest BCUT2D eigenvalue weighted by Crippen LogP contribution is 2.42. The van der Waals surface area contributed by atoms with Crippen LogP contribution in [0.15, 0.2) is 48.7 Å². The van der Waals surface area contributed by atoms with Crippen molar-refractivity contribution in [1.82, 2.24) is 4.98 Å². The predicted octanol–water partition coefficient (Wildman–Crippen LogP) is 5.58.